The molecule has 2 fully saturated rings. The van der Waals surface area contributed by atoms with E-state index >= 15 is 0 Å². The molecular formula is C20H41N5. The molecule has 0 aromatic rings. The van der Waals surface area contributed by atoms with Gasteiger partial charge in [0.05, 0.1) is 0 Å². The highest BCUT2D eigenvalue weighted by atomic mass is 15.3. The van der Waals surface area contributed by atoms with Crippen molar-refractivity contribution in [3.8, 4) is 0 Å². The molecule has 0 radical (unpaired) electrons. The summed E-state index contributed by atoms with van der Waals surface area (Å²) in [6.07, 6.45) is 6.39. The van der Waals surface area contributed by atoms with Gasteiger partial charge >= 0.3 is 0 Å². The minimum atomic E-state index is 0.163. The highest BCUT2D eigenvalue weighted by molar-refractivity contribution is 5.80. The van der Waals surface area contributed by atoms with Crippen LogP contribution in [0.25, 0.3) is 0 Å². The molecule has 2 aliphatic heterocycles. The second kappa shape index (κ2) is 9.77. The fraction of sp³-hybridized carbons (Fsp3) is 0.950. The Bertz CT molecular complexity index is 412. The van der Waals surface area contributed by atoms with Crippen LogP contribution < -0.4 is 10.6 Å². The molecule has 0 aliphatic carbocycles. The van der Waals surface area contributed by atoms with Crippen molar-refractivity contribution in [1.82, 2.24) is 20.4 Å². The largest absolute Gasteiger partial charge is 0.355 e. The van der Waals surface area contributed by atoms with E-state index in [0.29, 0.717) is 6.04 Å². The van der Waals surface area contributed by atoms with Crippen LogP contribution in [0.4, 0.5) is 0 Å². The van der Waals surface area contributed by atoms with Gasteiger partial charge in [-0.1, -0.05) is 13.8 Å². The molecule has 0 aromatic carbocycles. The molecule has 2 heterocycles. The van der Waals surface area contributed by atoms with E-state index in [1.165, 1.54) is 64.8 Å². The highest BCUT2D eigenvalue weighted by Gasteiger charge is 2.30. The number of hydrogen-bond donors (Lipinski definition) is 2. The Morgan fingerprint density at radius 2 is 1.88 bits per heavy atom. The number of rotatable bonds is 6. The van der Waals surface area contributed by atoms with Gasteiger partial charge in [-0.25, -0.2) is 0 Å². The molecule has 1 atom stereocenters. The summed E-state index contributed by atoms with van der Waals surface area (Å²) in [6.45, 7) is 16.4. The van der Waals surface area contributed by atoms with Gasteiger partial charge in [-0.05, 0) is 65.0 Å². The number of likely N-dealkylation sites (tertiary alicyclic amines) is 2. The first-order chi connectivity index (χ1) is 11.9. The van der Waals surface area contributed by atoms with Gasteiger partial charge in [0.15, 0.2) is 5.96 Å². The number of hydrogen-bond acceptors (Lipinski definition) is 3. The average Bonchev–Trinajstić information content (AvgIpc) is 2.60. The monoisotopic (exact) mass is 351 g/mol. The number of guanidine groups is 1. The van der Waals surface area contributed by atoms with Crippen LogP contribution in [-0.2, 0) is 0 Å². The van der Waals surface area contributed by atoms with Gasteiger partial charge in [0.1, 0.15) is 0 Å². The summed E-state index contributed by atoms with van der Waals surface area (Å²) in [5.41, 5.74) is 0.163. The zero-order chi connectivity index (χ0) is 18.3. The topological polar surface area (TPSA) is 42.9 Å². The molecule has 2 aliphatic rings. The maximum atomic E-state index is 4.46. The van der Waals surface area contributed by atoms with Gasteiger partial charge in [0.25, 0.3) is 0 Å². The zero-order valence-corrected chi connectivity index (χ0v) is 17.3. The van der Waals surface area contributed by atoms with Crippen LogP contribution in [0, 0.1) is 5.92 Å². The van der Waals surface area contributed by atoms with Gasteiger partial charge in [0.2, 0.25) is 0 Å². The molecule has 5 heteroatoms. The third kappa shape index (κ3) is 6.45. The van der Waals surface area contributed by atoms with Gasteiger partial charge in [-0.2, -0.15) is 0 Å². The number of aliphatic imine (C=N–C) groups is 1. The van der Waals surface area contributed by atoms with Crippen LogP contribution in [0.5, 0.6) is 0 Å². The summed E-state index contributed by atoms with van der Waals surface area (Å²) in [6, 6.07) is 0.553. The van der Waals surface area contributed by atoms with E-state index in [1.54, 1.807) is 0 Å². The Labute approximate surface area is 155 Å². The van der Waals surface area contributed by atoms with Crippen molar-refractivity contribution >= 4 is 5.96 Å². The second-order valence-electron chi connectivity index (χ2n) is 8.69. The summed E-state index contributed by atoms with van der Waals surface area (Å²) >= 11 is 0. The molecule has 146 valence electrons. The maximum Gasteiger partial charge on any atom is 0.191 e. The minimum absolute atomic E-state index is 0.163. The standard InChI is InChI=1S/C20H41N5/c1-6-11-24-13-9-18(10-14-24)23-19(21-5)22-16-20(3,4)25-12-7-8-17(2)15-25/h17-18H,6-16H2,1-5H3,(H2,21,22,23). The summed E-state index contributed by atoms with van der Waals surface area (Å²) in [7, 11) is 1.89. The molecule has 2 rings (SSSR count). The minimum Gasteiger partial charge on any atom is -0.355 e. The van der Waals surface area contributed by atoms with Crippen molar-refractivity contribution in [2.45, 2.75) is 71.4 Å². The summed E-state index contributed by atoms with van der Waals surface area (Å²) in [5, 5.41) is 7.24. The Morgan fingerprint density at radius 1 is 1.16 bits per heavy atom. The van der Waals surface area contributed by atoms with Crippen LogP contribution >= 0.6 is 0 Å². The molecule has 25 heavy (non-hydrogen) atoms. The summed E-state index contributed by atoms with van der Waals surface area (Å²) in [4.78, 5) is 9.68. The number of piperidine rings is 2. The summed E-state index contributed by atoms with van der Waals surface area (Å²) < 4.78 is 0. The van der Waals surface area contributed by atoms with Gasteiger partial charge in [-0.15, -0.1) is 0 Å². The quantitative estimate of drug-likeness (QED) is 0.570. The van der Waals surface area contributed by atoms with Gasteiger partial charge < -0.3 is 15.5 Å². The van der Waals surface area contributed by atoms with Crippen molar-refractivity contribution in [2.75, 3.05) is 46.3 Å². The summed E-state index contributed by atoms with van der Waals surface area (Å²) in [5.74, 6) is 1.78. The van der Waals surface area contributed by atoms with Crippen LogP contribution in [0.1, 0.15) is 59.8 Å². The highest BCUT2D eigenvalue weighted by Crippen LogP contribution is 2.23. The predicted octanol–water partition coefficient (Wildman–Crippen LogP) is 2.54. The van der Waals surface area contributed by atoms with E-state index in [9.17, 15) is 0 Å². The van der Waals surface area contributed by atoms with E-state index in [0.717, 1.165) is 18.4 Å². The van der Waals surface area contributed by atoms with Crippen molar-refractivity contribution in [3.63, 3.8) is 0 Å². The van der Waals surface area contributed by atoms with E-state index in [1.807, 2.05) is 7.05 Å². The molecule has 0 bridgehead atoms. The molecule has 1 unspecified atom stereocenters. The molecule has 5 nitrogen and oxygen atoms in total. The van der Waals surface area contributed by atoms with E-state index in [4.69, 9.17) is 0 Å². The van der Waals surface area contributed by atoms with E-state index < -0.39 is 0 Å². The Hall–Kier alpha value is -0.810. The van der Waals surface area contributed by atoms with Crippen LogP contribution in [-0.4, -0.2) is 73.7 Å². The lowest BCUT2D eigenvalue weighted by Gasteiger charge is -2.43. The molecule has 2 N–H and O–H groups in total. The molecule has 0 spiro atoms. The third-order valence-electron chi connectivity index (χ3n) is 5.89. The number of nitrogens with zero attached hydrogens (tertiary/aromatic N) is 3. The fourth-order valence-corrected chi connectivity index (χ4v) is 4.16. The normalized spacial score (nSPS) is 25.2. The third-order valence-corrected chi connectivity index (χ3v) is 5.89. The van der Waals surface area contributed by atoms with Gasteiger partial charge in [-0.3, -0.25) is 9.89 Å². The lowest BCUT2D eigenvalue weighted by molar-refractivity contribution is 0.0739. The molecule has 0 saturated carbocycles. The SMILES string of the molecule is CCCN1CCC(NC(=NC)NCC(C)(C)N2CCCC(C)C2)CC1. The van der Waals surface area contributed by atoms with E-state index in [2.05, 4.69) is 53.1 Å². The number of nitrogens with one attached hydrogen (secondary N) is 2. The maximum absolute atomic E-state index is 4.46. The first kappa shape index (κ1) is 20.5. The molecule has 0 aromatic heterocycles. The van der Waals surface area contributed by atoms with Crippen molar-refractivity contribution < 1.29 is 0 Å². The molecular weight excluding hydrogens is 310 g/mol. The molecule has 2 saturated heterocycles. The van der Waals surface area contributed by atoms with Crippen LogP contribution in [0.3, 0.4) is 0 Å². The average molecular weight is 352 g/mol. The first-order valence-corrected chi connectivity index (χ1v) is 10.4. The van der Waals surface area contributed by atoms with E-state index in [-0.39, 0.29) is 5.54 Å². The predicted molar refractivity (Wildman–Crippen MR) is 108 cm³/mol. The van der Waals surface area contributed by atoms with Crippen molar-refractivity contribution in [1.29, 1.82) is 0 Å². The lowest BCUT2D eigenvalue weighted by atomic mass is 9.93. The second-order valence-corrected chi connectivity index (χ2v) is 8.69. The molecule has 0 amide bonds. The van der Waals surface area contributed by atoms with Crippen molar-refractivity contribution in [3.05, 3.63) is 0 Å². The zero-order valence-electron chi connectivity index (χ0n) is 17.3. The van der Waals surface area contributed by atoms with Crippen molar-refractivity contribution in [2.24, 2.45) is 10.9 Å². The van der Waals surface area contributed by atoms with Gasteiger partial charge in [0, 0.05) is 44.8 Å². The smallest absolute Gasteiger partial charge is 0.191 e. The lowest BCUT2D eigenvalue weighted by Crippen LogP contribution is -2.57. The Balaban J connectivity index is 1.76. The Kier molecular flexibility index (Phi) is 8.01. The fourth-order valence-electron chi connectivity index (χ4n) is 4.16. The van der Waals surface area contributed by atoms with Crippen LogP contribution in [0.15, 0.2) is 4.99 Å². The van der Waals surface area contributed by atoms with Crippen LogP contribution in [0.2, 0.25) is 0 Å². The first-order valence-electron chi connectivity index (χ1n) is 10.4. The Morgan fingerprint density at radius 3 is 2.48 bits per heavy atom.